The van der Waals surface area contributed by atoms with Crippen molar-refractivity contribution in [1.82, 2.24) is 9.47 Å². The van der Waals surface area contributed by atoms with Gasteiger partial charge in [0.2, 0.25) is 0 Å². The molecule has 16 heavy (non-hydrogen) atoms. The highest BCUT2D eigenvalue weighted by molar-refractivity contribution is 5.33. The van der Waals surface area contributed by atoms with E-state index in [2.05, 4.69) is 0 Å². The van der Waals surface area contributed by atoms with E-state index >= 15 is 0 Å². The number of hydrogen-bond donors (Lipinski definition) is 1. The number of halogens is 1. The number of nitrogens with zero attached hydrogens (tertiary/aromatic N) is 2. The Hall–Kier alpha value is -1.36. The molecule has 1 saturated heterocycles. The van der Waals surface area contributed by atoms with Crippen molar-refractivity contribution >= 4 is 5.69 Å². The van der Waals surface area contributed by atoms with Crippen LogP contribution in [-0.2, 0) is 0 Å². The van der Waals surface area contributed by atoms with E-state index in [-0.39, 0.29) is 24.0 Å². The molecule has 0 saturated carbocycles. The molecule has 0 radical (unpaired) electrons. The molecule has 1 unspecified atom stereocenters. The maximum absolute atomic E-state index is 12.2. The standard InChI is InChI=1S/C11H16FN3O/c12-4-7-14-6-3-9(8-14)15-5-1-2-10(13)11(15)16/h1-2,5,9H,3-4,6-8,13H2. The molecule has 2 rings (SSSR count). The van der Waals surface area contributed by atoms with Gasteiger partial charge in [0, 0.05) is 25.8 Å². The summed E-state index contributed by atoms with van der Waals surface area (Å²) in [5.41, 5.74) is 5.70. The molecular weight excluding hydrogens is 209 g/mol. The van der Waals surface area contributed by atoms with Crippen molar-refractivity contribution in [3.05, 3.63) is 28.7 Å². The highest BCUT2D eigenvalue weighted by atomic mass is 19.1. The summed E-state index contributed by atoms with van der Waals surface area (Å²) in [5, 5.41) is 0. The third-order valence-electron chi connectivity index (χ3n) is 3.05. The lowest BCUT2D eigenvalue weighted by atomic mass is 10.2. The average molecular weight is 225 g/mol. The summed E-state index contributed by atoms with van der Waals surface area (Å²) in [4.78, 5) is 13.8. The second kappa shape index (κ2) is 4.65. The Bertz CT molecular complexity index is 418. The molecule has 1 atom stereocenters. The number of likely N-dealkylation sites (tertiary alicyclic amines) is 1. The molecule has 1 aliphatic rings. The summed E-state index contributed by atoms with van der Waals surface area (Å²) in [7, 11) is 0. The van der Waals surface area contributed by atoms with Crippen LogP contribution in [0, 0.1) is 0 Å². The zero-order valence-electron chi connectivity index (χ0n) is 9.10. The van der Waals surface area contributed by atoms with Gasteiger partial charge in [0.25, 0.3) is 5.56 Å². The molecule has 0 amide bonds. The van der Waals surface area contributed by atoms with Crippen molar-refractivity contribution in [3.8, 4) is 0 Å². The molecule has 1 aromatic heterocycles. The van der Waals surface area contributed by atoms with E-state index < -0.39 is 0 Å². The fourth-order valence-corrected chi connectivity index (χ4v) is 2.18. The van der Waals surface area contributed by atoms with Crippen molar-refractivity contribution in [1.29, 1.82) is 0 Å². The average Bonchev–Trinajstić information content (AvgIpc) is 2.71. The first kappa shape index (κ1) is 11.1. The summed E-state index contributed by atoms with van der Waals surface area (Å²) in [5.74, 6) is 0. The first-order chi connectivity index (χ1) is 7.72. The van der Waals surface area contributed by atoms with E-state index in [1.807, 2.05) is 4.90 Å². The van der Waals surface area contributed by atoms with Gasteiger partial charge < -0.3 is 10.3 Å². The molecule has 1 aliphatic heterocycles. The van der Waals surface area contributed by atoms with Crippen LogP contribution in [0.25, 0.3) is 0 Å². The summed E-state index contributed by atoms with van der Waals surface area (Å²) >= 11 is 0. The van der Waals surface area contributed by atoms with Crippen LogP contribution in [0.15, 0.2) is 23.1 Å². The van der Waals surface area contributed by atoms with Crippen LogP contribution >= 0.6 is 0 Å². The van der Waals surface area contributed by atoms with E-state index in [1.165, 1.54) is 0 Å². The zero-order valence-corrected chi connectivity index (χ0v) is 9.10. The van der Waals surface area contributed by atoms with E-state index in [4.69, 9.17) is 5.73 Å². The monoisotopic (exact) mass is 225 g/mol. The minimum absolute atomic E-state index is 0.127. The Morgan fingerprint density at radius 2 is 2.38 bits per heavy atom. The van der Waals surface area contributed by atoms with Gasteiger partial charge in [0.15, 0.2) is 0 Å². The lowest BCUT2D eigenvalue weighted by Crippen LogP contribution is -2.29. The normalized spacial score (nSPS) is 21.4. The Labute approximate surface area is 93.5 Å². The van der Waals surface area contributed by atoms with E-state index in [9.17, 15) is 9.18 Å². The van der Waals surface area contributed by atoms with Crippen LogP contribution < -0.4 is 11.3 Å². The van der Waals surface area contributed by atoms with Crippen molar-refractivity contribution in [2.75, 3.05) is 32.0 Å². The van der Waals surface area contributed by atoms with Gasteiger partial charge in [-0.05, 0) is 18.6 Å². The van der Waals surface area contributed by atoms with Gasteiger partial charge in [-0.25, -0.2) is 4.39 Å². The van der Waals surface area contributed by atoms with Crippen molar-refractivity contribution in [2.45, 2.75) is 12.5 Å². The fraction of sp³-hybridized carbons (Fsp3) is 0.545. The fourth-order valence-electron chi connectivity index (χ4n) is 2.18. The van der Waals surface area contributed by atoms with Gasteiger partial charge in [0.1, 0.15) is 6.67 Å². The molecule has 2 N–H and O–H groups in total. The Morgan fingerprint density at radius 1 is 1.56 bits per heavy atom. The molecule has 0 aliphatic carbocycles. The van der Waals surface area contributed by atoms with Crippen LogP contribution in [0.3, 0.4) is 0 Å². The SMILES string of the molecule is Nc1cccn(C2CCN(CCF)C2)c1=O. The minimum atomic E-state index is -0.335. The summed E-state index contributed by atoms with van der Waals surface area (Å²) in [6.45, 7) is 1.69. The number of alkyl halides is 1. The van der Waals surface area contributed by atoms with E-state index in [0.717, 1.165) is 19.5 Å². The zero-order chi connectivity index (χ0) is 11.5. The van der Waals surface area contributed by atoms with Crippen LogP contribution in [-0.4, -0.2) is 35.8 Å². The number of hydrogen-bond acceptors (Lipinski definition) is 3. The topological polar surface area (TPSA) is 51.3 Å². The second-order valence-corrected chi connectivity index (χ2v) is 4.11. The van der Waals surface area contributed by atoms with Gasteiger partial charge in [0.05, 0.1) is 11.7 Å². The summed E-state index contributed by atoms with van der Waals surface area (Å²) < 4.78 is 13.8. The van der Waals surface area contributed by atoms with Gasteiger partial charge in [-0.3, -0.25) is 9.69 Å². The maximum atomic E-state index is 12.2. The molecule has 1 aromatic rings. The molecule has 0 bridgehead atoms. The molecule has 0 aromatic carbocycles. The second-order valence-electron chi connectivity index (χ2n) is 4.11. The molecule has 4 nitrogen and oxygen atoms in total. The van der Waals surface area contributed by atoms with Gasteiger partial charge in [-0.2, -0.15) is 0 Å². The first-order valence-electron chi connectivity index (χ1n) is 5.47. The predicted molar refractivity (Wildman–Crippen MR) is 61.2 cm³/mol. The predicted octanol–water partition coefficient (Wildman–Crippen LogP) is 0.647. The third kappa shape index (κ3) is 2.09. The van der Waals surface area contributed by atoms with Crippen molar-refractivity contribution < 1.29 is 4.39 Å². The number of anilines is 1. The molecule has 1 fully saturated rings. The number of nitrogen functional groups attached to an aromatic ring is 1. The molecular formula is C11H16FN3O. The van der Waals surface area contributed by atoms with E-state index in [0.29, 0.717) is 6.54 Å². The van der Waals surface area contributed by atoms with E-state index in [1.54, 1.807) is 22.9 Å². The molecule has 2 heterocycles. The summed E-state index contributed by atoms with van der Waals surface area (Å²) in [6, 6.07) is 3.50. The lowest BCUT2D eigenvalue weighted by molar-refractivity contribution is 0.287. The largest absolute Gasteiger partial charge is 0.394 e. The molecule has 5 heteroatoms. The molecule has 88 valence electrons. The number of nitrogens with two attached hydrogens (primary N) is 1. The van der Waals surface area contributed by atoms with Crippen LogP contribution in [0.4, 0.5) is 10.1 Å². The summed E-state index contributed by atoms with van der Waals surface area (Å²) in [6.07, 6.45) is 2.63. The van der Waals surface area contributed by atoms with Gasteiger partial charge in [-0.1, -0.05) is 0 Å². The Morgan fingerprint density at radius 3 is 3.12 bits per heavy atom. The number of aromatic nitrogens is 1. The van der Waals surface area contributed by atoms with Crippen LogP contribution in [0.2, 0.25) is 0 Å². The smallest absolute Gasteiger partial charge is 0.273 e. The first-order valence-corrected chi connectivity index (χ1v) is 5.47. The quantitative estimate of drug-likeness (QED) is 0.821. The highest BCUT2D eigenvalue weighted by Crippen LogP contribution is 2.19. The van der Waals surface area contributed by atoms with Crippen molar-refractivity contribution in [3.63, 3.8) is 0 Å². The van der Waals surface area contributed by atoms with Gasteiger partial charge >= 0.3 is 0 Å². The highest BCUT2D eigenvalue weighted by Gasteiger charge is 2.24. The minimum Gasteiger partial charge on any atom is -0.394 e. The van der Waals surface area contributed by atoms with Gasteiger partial charge in [-0.15, -0.1) is 0 Å². The van der Waals surface area contributed by atoms with Crippen molar-refractivity contribution in [2.24, 2.45) is 0 Å². The molecule has 0 spiro atoms. The lowest BCUT2D eigenvalue weighted by Gasteiger charge is -2.16. The third-order valence-corrected chi connectivity index (χ3v) is 3.05. The maximum Gasteiger partial charge on any atom is 0.273 e. The number of pyridine rings is 1. The van der Waals surface area contributed by atoms with Crippen LogP contribution in [0.5, 0.6) is 0 Å². The Kier molecular flexibility index (Phi) is 3.24. The van der Waals surface area contributed by atoms with Crippen LogP contribution in [0.1, 0.15) is 12.5 Å². The Balaban J connectivity index is 2.15. The number of rotatable bonds is 3.